The van der Waals surface area contributed by atoms with E-state index in [4.69, 9.17) is 0 Å². The highest BCUT2D eigenvalue weighted by Gasteiger charge is 2.02. The fourth-order valence-corrected chi connectivity index (χ4v) is 2.16. The lowest BCUT2D eigenvalue weighted by atomic mass is 10.1. The quantitative estimate of drug-likeness (QED) is 0.807. The Labute approximate surface area is 116 Å². The standard InChI is InChI=1S/C17H22N2/c1-18(2)17-11-9-16(10-12-17)14-19(3)13-15-7-5-4-6-8-15/h4-12H,13-14H2,1-3H3. The van der Waals surface area contributed by atoms with Crippen LogP contribution in [0.25, 0.3) is 0 Å². The second kappa shape index (κ2) is 6.39. The van der Waals surface area contributed by atoms with Crippen molar-refractivity contribution in [1.29, 1.82) is 0 Å². The van der Waals surface area contributed by atoms with E-state index in [0.29, 0.717) is 0 Å². The van der Waals surface area contributed by atoms with Gasteiger partial charge in [0.2, 0.25) is 0 Å². The van der Waals surface area contributed by atoms with Crippen molar-refractivity contribution in [2.45, 2.75) is 13.1 Å². The van der Waals surface area contributed by atoms with Crippen molar-refractivity contribution in [3.63, 3.8) is 0 Å². The second-order valence-corrected chi connectivity index (χ2v) is 5.22. The van der Waals surface area contributed by atoms with Gasteiger partial charge in [-0.2, -0.15) is 0 Å². The lowest BCUT2D eigenvalue weighted by molar-refractivity contribution is 0.319. The third kappa shape index (κ3) is 4.11. The summed E-state index contributed by atoms with van der Waals surface area (Å²) in [6.45, 7) is 1.96. The van der Waals surface area contributed by atoms with Gasteiger partial charge in [-0.1, -0.05) is 42.5 Å². The van der Waals surface area contributed by atoms with Crippen LogP contribution in [0.1, 0.15) is 11.1 Å². The van der Waals surface area contributed by atoms with Gasteiger partial charge in [-0.25, -0.2) is 0 Å². The second-order valence-electron chi connectivity index (χ2n) is 5.22. The first-order valence-corrected chi connectivity index (χ1v) is 6.64. The van der Waals surface area contributed by atoms with Crippen molar-refractivity contribution >= 4 is 5.69 Å². The molecule has 0 atom stereocenters. The van der Waals surface area contributed by atoms with Gasteiger partial charge >= 0.3 is 0 Å². The summed E-state index contributed by atoms with van der Waals surface area (Å²) in [7, 11) is 6.29. The summed E-state index contributed by atoms with van der Waals surface area (Å²) in [4.78, 5) is 4.46. The molecule has 2 heteroatoms. The molecule has 2 rings (SSSR count). The molecule has 0 saturated heterocycles. The lowest BCUT2D eigenvalue weighted by Crippen LogP contribution is -2.17. The van der Waals surface area contributed by atoms with Gasteiger partial charge in [-0.3, -0.25) is 4.90 Å². The molecule has 0 aliphatic carbocycles. The van der Waals surface area contributed by atoms with Crippen molar-refractivity contribution in [2.75, 3.05) is 26.0 Å². The van der Waals surface area contributed by atoms with Crippen LogP contribution in [-0.4, -0.2) is 26.0 Å². The van der Waals surface area contributed by atoms with Crippen LogP contribution in [0.3, 0.4) is 0 Å². The molecule has 0 fully saturated rings. The van der Waals surface area contributed by atoms with Crippen LogP contribution < -0.4 is 4.90 Å². The summed E-state index contributed by atoms with van der Waals surface area (Å²) in [5.41, 5.74) is 3.95. The Morgan fingerprint density at radius 3 is 1.74 bits per heavy atom. The van der Waals surface area contributed by atoms with Crippen molar-refractivity contribution < 1.29 is 0 Å². The van der Waals surface area contributed by atoms with E-state index in [1.165, 1.54) is 16.8 Å². The van der Waals surface area contributed by atoms with Gasteiger partial charge in [0.25, 0.3) is 0 Å². The number of rotatable bonds is 5. The number of hydrogen-bond donors (Lipinski definition) is 0. The van der Waals surface area contributed by atoms with Crippen LogP contribution in [0.15, 0.2) is 54.6 Å². The normalized spacial score (nSPS) is 10.7. The Hall–Kier alpha value is -1.80. The van der Waals surface area contributed by atoms with Gasteiger partial charge in [0.1, 0.15) is 0 Å². The molecule has 0 heterocycles. The van der Waals surface area contributed by atoms with Crippen LogP contribution in [-0.2, 0) is 13.1 Å². The van der Waals surface area contributed by atoms with E-state index in [-0.39, 0.29) is 0 Å². The number of hydrogen-bond acceptors (Lipinski definition) is 2. The average molecular weight is 254 g/mol. The molecule has 19 heavy (non-hydrogen) atoms. The molecule has 2 aromatic rings. The third-order valence-corrected chi connectivity index (χ3v) is 3.20. The van der Waals surface area contributed by atoms with E-state index in [1.807, 2.05) is 0 Å². The van der Waals surface area contributed by atoms with Gasteiger partial charge in [-0.15, -0.1) is 0 Å². The topological polar surface area (TPSA) is 6.48 Å². The molecule has 0 aromatic heterocycles. The molecule has 0 saturated carbocycles. The third-order valence-electron chi connectivity index (χ3n) is 3.20. The Balaban J connectivity index is 1.93. The molecule has 2 aromatic carbocycles. The number of anilines is 1. The van der Waals surface area contributed by atoms with Crippen LogP contribution in [0, 0.1) is 0 Å². The average Bonchev–Trinajstić information content (AvgIpc) is 2.40. The van der Waals surface area contributed by atoms with E-state index >= 15 is 0 Å². The van der Waals surface area contributed by atoms with Crippen molar-refractivity contribution in [2.24, 2.45) is 0 Å². The predicted octanol–water partition coefficient (Wildman–Crippen LogP) is 3.38. The molecule has 0 N–H and O–H groups in total. The summed E-state index contributed by atoms with van der Waals surface area (Å²) >= 11 is 0. The van der Waals surface area contributed by atoms with E-state index in [1.54, 1.807) is 0 Å². The Kier molecular flexibility index (Phi) is 4.58. The fraction of sp³-hybridized carbons (Fsp3) is 0.294. The molecule has 0 aliphatic rings. The van der Waals surface area contributed by atoms with Crippen molar-refractivity contribution in [3.8, 4) is 0 Å². The van der Waals surface area contributed by atoms with Gasteiger partial charge in [0.15, 0.2) is 0 Å². The van der Waals surface area contributed by atoms with Crippen LogP contribution in [0.5, 0.6) is 0 Å². The first kappa shape index (κ1) is 13.6. The van der Waals surface area contributed by atoms with Gasteiger partial charge in [0.05, 0.1) is 0 Å². The maximum Gasteiger partial charge on any atom is 0.0361 e. The summed E-state index contributed by atoms with van der Waals surface area (Å²) in [6, 6.07) is 19.3. The summed E-state index contributed by atoms with van der Waals surface area (Å²) in [5.74, 6) is 0. The molecule has 0 bridgehead atoms. The van der Waals surface area contributed by atoms with Gasteiger partial charge in [0, 0.05) is 32.9 Å². The maximum absolute atomic E-state index is 2.33. The van der Waals surface area contributed by atoms with E-state index < -0.39 is 0 Å². The first-order valence-electron chi connectivity index (χ1n) is 6.64. The molecule has 100 valence electrons. The minimum Gasteiger partial charge on any atom is -0.378 e. The highest BCUT2D eigenvalue weighted by atomic mass is 15.1. The monoisotopic (exact) mass is 254 g/mol. The SMILES string of the molecule is CN(Cc1ccccc1)Cc1ccc(N(C)C)cc1. The molecule has 0 radical (unpaired) electrons. The number of benzene rings is 2. The zero-order valence-electron chi connectivity index (χ0n) is 12.0. The summed E-state index contributed by atoms with van der Waals surface area (Å²) < 4.78 is 0. The van der Waals surface area contributed by atoms with Gasteiger partial charge < -0.3 is 4.90 Å². The molecular weight excluding hydrogens is 232 g/mol. The summed E-state index contributed by atoms with van der Waals surface area (Å²) in [6.07, 6.45) is 0. The summed E-state index contributed by atoms with van der Waals surface area (Å²) in [5, 5.41) is 0. The molecular formula is C17H22N2. The Morgan fingerprint density at radius 2 is 1.21 bits per heavy atom. The highest BCUT2D eigenvalue weighted by Crippen LogP contribution is 2.14. The van der Waals surface area contributed by atoms with E-state index in [0.717, 1.165) is 13.1 Å². The molecule has 0 amide bonds. The minimum absolute atomic E-state index is 0.975. The first-order chi connectivity index (χ1) is 9.15. The Bertz CT molecular complexity index is 488. The van der Waals surface area contributed by atoms with Gasteiger partial charge in [-0.05, 0) is 30.3 Å². The zero-order chi connectivity index (χ0) is 13.7. The molecule has 0 aliphatic heterocycles. The van der Waals surface area contributed by atoms with Crippen molar-refractivity contribution in [3.05, 3.63) is 65.7 Å². The van der Waals surface area contributed by atoms with Crippen LogP contribution in [0.4, 0.5) is 5.69 Å². The number of nitrogens with zero attached hydrogens (tertiary/aromatic N) is 2. The largest absolute Gasteiger partial charge is 0.378 e. The smallest absolute Gasteiger partial charge is 0.0361 e. The lowest BCUT2D eigenvalue weighted by Gasteiger charge is -2.18. The van der Waals surface area contributed by atoms with Crippen LogP contribution in [0.2, 0.25) is 0 Å². The Morgan fingerprint density at radius 1 is 0.684 bits per heavy atom. The fourth-order valence-electron chi connectivity index (χ4n) is 2.16. The highest BCUT2D eigenvalue weighted by molar-refractivity contribution is 5.45. The van der Waals surface area contributed by atoms with E-state index in [9.17, 15) is 0 Å². The molecule has 0 spiro atoms. The van der Waals surface area contributed by atoms with Crippen LogP contribution >= 0.6 is 0 Å². The predicted molar refractivity (Wildman–Crippen MR) is 82.4 cm³/mol. The molecule has 0 unspecified atom stereocenters. The minimum atomic E-state index is 0.975. The zero-order valence-corrected chi connectivity index (χ0v) is 12.0. The van der Waals surface area contributed by atoms with Crippen molar-refractivity contribution in [1.82, 2.24) is 4.90 Å². The van der Waals surface area contributed by atoms with E-state index in [2.05, 4.69) is 85.5 Å². The molecule has 2 nitrogen and oxygen atoms in total. The maximum atomic E-state index is 2.33.